The Morgan fingerprint density at radius 2 is 2.00 bits per heavy atom. The molecule has 0 spiro atoms. The highest BCUT2D eigenvalue weighted by molar-refractivity contribution is 7.09. The average molecular weight is 468 g/mol. The van der Waals surface area contributed by atoms with E-state index in [1.54, 1.807) is 23.5 Å². The van der Waals surface area contributed by atoms with Crippen LogP contribution in [0.2, 0.25) is 0 Å². The van der Waals surface area contributed by atoms with Crippen LogP contribution >= 0.6 is 11.3 Å². The van der Waals surface area contributed by atoms with E-state index in [2.05, 4.69) is 27.4 Å². The van der Waals surface area contributed by atoms with Crippen molar-refractivity contribution in [2.75, 3.05) is 0 Å². The maximum absolute atomic E-state index is 12.8. The number of hydrogen-bond acceptors (Lipinski definition) is 4. The van der Waals surface area contributed by atoms with Crippen LogP contribution in [0.1, 0.15) is 73.4 Å². The third-order valence-electron chi connectivity index (χ3n) is 6.48. The van der Waals surface area contributed by atoms with Crippen LogP contribution in [0, 0.1) is 11.8 Å². The number of rotatable bonds is 9. The van der Waals surface area contributed by atoms with E-state index in [0.717, 1.165) is 29.8 Å². The smallest absolute Gasteiger partial charge is 0.326 e. The quantitative estimate of drug-likeness (QED) is 0.435. The second-order valence-electron chi connectivity index (χ2n) is 9.60. The molecule has 1 aromatic carbocycles. The predicted octanol–water partition coefficient (Wildman–Crippen LogP) is 5.50. The van der Waals surface area contributed by atoms with Crippen LogP contribution in [-0.4, -0.2) is 32.6 Å². The Morgan fingerprint density at radius 3 is 2.67 bits per heavy atom. The second-order valence-corrected chi connectivity index (χ2v) is 10.6. The van der Waals surface area contributed by atoms with Gasteiger partial charge in [-0.05, 0) is 60.7 Å². The molecular weight excluding hydrogens is 434 g/mol. The molecule has 1 unspecified atom stereocenters. The summed E-state index contributed by atoms with van der Waals surface area (Å²) in [5.41, 5.74) is 2.28. The monoisotopic (exact) mass is 467 g/mol. The number of nitrogens with zero attached hydrogens (tertiary/aromatic N) is 2. The molecule has 2 aromatic heterocycles. The van der Waals surface area contributed by atoms with Gasteiger partial charge in [-0.25, -0.2) is 9.78 Å². The molecule has 4 rings (SSSR count). The largest absolute Gasteiger partial charge is 0.480 e. The van der Waals surface area contributed by atoms with Crippen LogP contribution in [0.5, 0.6) is 0 Å². The molecule has 1 aliphatic rings. The van der Waals surface area contributed by atoms with Crippen molar-refractivity contribution in [3.8, 4) is 0 Å². The first-order valence-electron chi connectivity index (χ1n) is 12.0. The Morgan fingerprint density at radius 1 is 1.21 bits per heavy atom. The molecule has 6 nitrogen and oxygen atoms in total. The molecule has 2 heterocycles. The fraction of sp³-hybridized carbons (Fsp3) is 0.500. The average Bonchev–Trinajstić information content (AvgIpc) is 3.41. The molecule has 0 aliphatic heterocycles. The zero-order valence-corrected chi connectivity index (χ0v) is 20.2. The van der Waals surface area contributed by atoms with Crippen LogP contribution in [0.25, 0.3) is 11.0 Å². The lowest BCUT2D eigenvalue weighted by atomic mass is 9.89. The Balaban J connectivity index is 1.62. The molecule has 1 saturated carbocycles. The summed E-state index contributed by atoms with van der Waals surface area (Å²) < 4.78 is 2.34. The van der Waals surface area contributed by atoms with Gasteiger partial charge in [0.25, 0.3) is 5.91 Å². The zero-order valence-electron chi connectivity index (χ0n) is 19.4. The number of benzene rings is 1. The SMILES string of the molecule is CC(C)CC(NC(=O)c1ccc2c(c1)nc(Cc1cccs1)n2CC1CCCCC1)C(=O)O. The number of imidazole rings is 1. The number of aromatic nitrogens is 2. The third-order valence-corrected chi connectivity index (χ3v) is 7.35. The summed E-state index contributed by atoms with van der Waals surface area (Å²) in [7, 11) is 0. The molecule has 1 aliphatic carbocycles. The first kappa shape index (κ1) is 23.5. The number of carbonyl (C=O) groups is 2. The zero-order chi connectivity index (χ0) is 23.4. The standard InChI is InChI=1S/C26H33N3O3S/c1-17(2)13-22(26(31)32)28-25(30)19-10-11-23-21(14-19)27-24(15-20-9-6-12-33-20)29(23)16-18-7-4-3-5-8-18/h6,9-12,14,17-18,22H,3-5,7-8,13,15-16H2,1-2H3,(H,28,30)(H,31,32). The van der Waals surface area contributed by atoms with Crippen molar-refractivity contribution in [1.82, 2.24) is 14.9 Å². The molecule has 0 saturated heterocycles. The van der Waals surface area contributed by atoms with Gasteiger partial charge >= 0.3 is 5.97 Å². The highest BCUT2D eigenvalue weighted by Gasteiger charge is 2.23. The second kappa shape index (κ2) is 10.5. The fourth-order valence-corrected chi connectivity index (χ4v) is 5.49. The van der Waals surface area contributed by atoms with E-state index in [4.69, 9.17) is 4.98 Å². The number of nitrogens with one attached hydrogen (secondary N) is 1. The highest BCUT2D eigenvalue weighted by atomic mass is 32.1. The van der Waals surface area contributed by atoms with E-state index in [9.17, 15) is 14.7 Å². The van der Waals surface area contributed by atoms with Gasteiger partial charge in [-0.2, -0.15) is 0 Å². The molecule has 176 valence electrons. The summed E-state index contributed by atoms with van der Waals surface area (Å²) in [5, 5.41) is 14.2. The van der Waals surface area contributed by atoms with E-state index in [0.29, 0.717) is 17.9 Å². The van der Waals surface area contributed by atoms with E-state index in [1.807, 2.05) is 19.9 Å². The van der Waals surface area contributed by atoms with Gasteiger partial charge in [0.1, 0.15) is 11.9 Å². The van der Waals surface area contributed by atoms with E-state index in [-0.39, 0.29) is 11.8 Å². The van der Waals surface area contributed by atoms with E-state index < -0.39 is 12.0 Å². The van der Waals surface area contributed by atoms with Crippen LogP contribution in [0.15, 0.2) is 35.7 Å². The van der Waals surface area contributed by atoms with Crippen molar-refractivity contribution in [1.29, 1.82) is 0 Å². The Bertz CT molecular complexity index is 1100. The third kappa shape index (κ3) is 5.82. The van der Waals surface area contributed by atoms with Crippen LogP contribution in [-0.2, 0) is 17.8 Å². The summed E-state index contributed by atoms with van der Waals surface area (Å²) in [6.07, 6.45) is 7.60. The van der Waals surface area contributed by atoms with Crippen LogP contribution < -0.4 is 5.32 Å². The van der Waals surface area contributed by atoms with E-state index >= 15 is 0 Å². The van der Waals surface area contributed by atoms with Gasteiger partial charge in [0.05, 0.1) is 11.0 Å². The van der Waals surface area contributed by atoms with E-state index in [1.165, 1.54) is 37.0 Å². The summed E-state index contributed by atoms with van der Waals surface area (Å²) in [6.45, 7) is 4.85. The van der Waals surface area contributed by atoms with Crippen molar-refractivity contribution in [3.05, 3.63) is 52.0 Å². The molecule has 1 amide bonds. The van der Waals surface area contributed by atoms with Gasteiger partial charge in [0, 0.05) is 23.4 Å². The van der Waals surface area contributed by atoms with Gasteiger partial charge in [-0.15, -0.1) is 11.3 Å². The van der Waals surface area contributed by atoms with Crippen LogP contribution in [0.3, 0.4) is 0 Å². The minimum Gasteiger partial charge on any atom is -0.480 e. The summed E-state index contributed by atoms with van der Waals surface area (Å²) >= 11 is 1.73. The Kier molecular flexibility index (Phi) is 7.48. The van der Waals surface area contributed by atoms with Crippen molar-refractivity contribution < 1.29 is 14.7 Å². The lowest BCUT2D eigenvalue weighted by molar-refractivity contribution is -0.139. The molecule has 2 N–H and O–H groups in total. The molecule has 33 heavy (non-hydrogen) atoms. The Hall–Kier alpha value is -2.67. The highest BCUT2D eigenvalue weighted by Crippen LogP contribution is 2.29. The lowest BCUT2D eigenvalue weighted by Gasteiger charge is -2.23. The van der Waals surface area contributed by atoms with Crippen molar-refractivity contribution in [2.45, 2.75) is 71.4 Å². The molecule has 7 heteroatoms. The topological polar surface area (TPSA) is 84.2 Å². The van der Waals surface area contributed by atoms with Gasteiger partial charge < -0.3 is 15.0 Å². The normalized spacial score (nSPS) is 15.7. The maximum Gasteiger partial charge on any atom is 0.326 e. The number of amides is 1. The molecule has 1 atom stereocenters. The van der Waals surface area contributed by atoms with Gasteiger partial charge in [-0.1, -0.05) is 39.2 Å². The number of thiophene rings is 1. The number of carboxylic acids is 1. The lowest BCUT2D eigenvalue weighted by Crippen LogP contribution is -2.41. The van der Waals surface area contributed by atoms with Crippen LogP contribution in [0.4, 0.5) is 0 Å². The molecule has 3 aromatic rings. The molecule has 0 radical (unpaired) electrons. The molecule has 1 fully saturated rings. The summed E-state index contributed by atoms with van der Waals surface area (Å²) in [5.74, 6) is 0.483. The first-order valence-corrected chi connectivity index (χ1v) is 12.8. The van der Waals surface area contributed by atoms with Gasteiger partial charge in [0.2, 0.25) is 0 Å². The summed E-state index contributed by atoms with van der Waals surface area (Å²) in [4.78, 5) is 30.6. The minimum absolute atomic E-state index is 0.171. The Labute approximate surface area is 199 Å². The van der Waals surface area contributed by atoms with Gasteiger partial charge in [0.15, 0.2) is 0 Å². The number of aliphatic carboxylic acids is 1. The summed E-state index contributed by atoms with van der Waals surface area (Å²) in [6, 6.07) is 8.86. The van der Waals surface area contributed by atoms with Crippen molar-refractivity contribution in [3.63, 3.8) is 0 Å². The minimum atomic E-state index is -1.01. The van der Waals surface area contributed by atoms with Crippen molar-refractivity contribution >= 4 is 34.2 Å². The fourth-order valence-electron chi connectivity index (χ4n) is 4.79. The number of carbonyl (C=O) groups excluding carboxylic acids is 1. The molecular formula is C26H33N3O3S. The first-order chi connectivity index (χ1) is 15.9. The van der Waals surface area contributed by atoms with Gasteiger partial charge in [-0.3, -0.25) is 4.79 Å². The maximum atomic E-state index is 12.8. The number of hydrogen-bond donors (Lipinski definition) is 2. The predicted molar refractivity (Wildman–Crippen MR) is 132 cm³/mol. The molecule has 0 bridgehead atoms. The number of fused-ring (bicyclic) bond motifs is 1. The van der Waals surface area contributed by atoms with Crippen molar-refractivity contribution in [2.24, 2.45) is 11.8 Å². The number of carboxylic acid groups (broad SMARTS) is 1.